The zero-order chi connectivity index (χ0) is 0. The molecule has 0 radical (unpaired) electrons. The first-order valence-electron chi connectivity index (χ1n) is 0. The number of hydrogen-bond acceptors (Lipinski definition) is 0. The predicted molar refractivity (Wildman–Crippen MR) is 29.3 cm³/mol. The van der Waals surface area contributed by atoms with E-state index in [9.17, 15) is 0 Å². The topological polar surface area (TPSA) is 63.0 Å². The van der Waals surface area contributed by atoms with Gasteiger partial charge >= 0.3 is 65.4 Å². The molecule has 0 aliphatic carbocycles. The van der Waals surface area contributed by atoms with Gasteiger partial charge in [0.25, 0.3) is 0 Å². The molecule has 0 aromatic heterocycles. The molecule has 0 heterocycles. The van der Waals surface area contributed by atoms with E-state index in [2.05, 4.69) is 0 Å². The SMILES string of the molecule is O.O.[S-2].[S-2].[S-2].[Y+3].[Y+3]. The van der Waals surface area contributed by atoms with Gasteiger partial charge in [-0.3, -0.25) is 0 Å². The molecule has 4 N–H and O–H groups in total. The molecule has 0 saturated carbocycles. The van der Waals surface area contributed by atoms with E-state index in [0.29, 0.717) is 0 Å². The molecule has 0 amide bonds. The molecule has 0 fully saturated rings. The molecule has 0 rings (SSSR count). The molecule has 0 aromatic rings. The van der Waals surface area contributed by atoms with Crippen molar-refractivity contribution in [2.45, 2.75) is 0 Å². The fraction of sp³-hybridized carbons (Fsp3) is 0. The van der Waals surface area contributed by atoms with E-state index in [4.69, 9.17) is 0 Å². The summed E-state index contributed by atoms with van der Waals surface area (Å²) in [4.78, 5) is 0. The molecule has 7 heavy (non-hydrogen) atoms. The minimum atomic E-state index is 0. The molecule has 0 unspecified atom stereocenters. The standard InChI is InChI=1S/2H2O.3S.2Y/h2*1H2;;;;;/q;;3*-2;2*+3. The van der Waals surface area contributed by atoms with Crippen LogP contribution in [0.15, 0.2) is 0 Å². The van der Waals surface area contributed by atoms with Crippen molar-refractivity contribution < 1.29 is 76.4 Å². The Hall–Kier alpha value is 3.18. The normalized spacial score (nSPS) is 0. The zero-order valence-corrected chi connectivity index (χ0v) is 11.5. The first-order valence-corrected chi connectivity index (χ1v) is 0. The number of hydrogen-bond donors (Lipinski definition) is 0. The van der Waals surface area contributed by atoms with Gasteiger partial charge in [-0.25, -0.2) is 0 Å². The molecule has 0 saturated heterocycles. The quantitative estimate of drug-likeness (QED) is 0.514. The van der Waals surface area contributed by atoms with Crippen LogP contribution in [0.3, 0.4) is 0 Å². The third kappa shape index (κ3) is 46.8. The van der Waals surface area contributed by atoms with Gasteiger partial charge in [0.1, 0.15) is 0 Å². The van der Waals surface area contributed by atoms with Crippen LogP contribution >= 0.6 is 0 Å². The molecule has 0 aliphatic rings. The molecular formula is H4O2S3Y2. The fourth-order valence-electron chi connectivity index (χ4n) is 0. The summed E-state index contributed by atoms with van der Waals surface area (Å²) in [5.41, 5.74) is 0. The van der Waals surface area contributed by atoms with Crippen molar-refractivity contribution in [1.82, 2.24) is 0 Å². The van der Waals surface area contributed by atoms with Crippen molar-refractivity contribution in [1.29, 1.82) is 0 Å². The third-order valence-electron chi connectivity index (χ3n) is 0. The second-order valence-electron chi connectivity index (χ2n) is 0. The Morgan fingerprint density at radius 2 is 0.429 bits per heavy atom. The Kier molecular flexibility index (Phi) is 737. The summed E-state index contributed by atoms with van der Waals surface area (Å²) in [6.07, 6.45) is 0. The van der Waals surface area contributed by atoms with Crippen LogP contribution in [0, 0.1) is 0 Å². The molecule has 40 valence electrons. The summed E-state index contributed by atoms with van der Waals surface area (Å²) in [7, 11) is 0. The Bertz CT molecular complexity index is 10.9. The monoisotopic (exact) mass is 310 g/mol. The van der Waals surface area contributed by atoms with Crippen molar-refractivity contribution in [3.8, 4) is 0 Å². The van der Waals surface area contributed by atoms with Gasteiger partial charge in [-0.05, 0) is 0 Å². The zero-order valence-electron chi connectivity index (χ0n) is 3.38. The average molecular weight is 310 g/mol. The summed E-state index contributed by atoms with van der Waals surface area (Å²) < 4.78 is 0. The summed E-state index contributed by atoms with van der Waals surface area (Å²) in [5, 5.41) is 0. The van der Waals surface area contributed by atoms with Crippen LogP contribution in [0.4, 0.5) is 0 Å². The average Bonchev–Trinajstić information content (AvgIpc) is 0. The Balaban J connectivity index is 0. The van der Waals surface area contributed by atoms with Crippen LogP contribution in [0.1, 0.15) is 0 Å². The van der Waals surface area contributed by atoms with Gasteiger partial charge in [-0.15, -0.1) is 0 Å². The Morgan fingerprint density at radius 3 is 0.429 bits per heavy atom. The first kappa shape index (κ1) is 84.9. The van der Waals surface area contributed by atoms with Gasteiger partial charge in [0.05, 0.1) is 0 Å². The van der Waals surface area contributed by atoms with E-state index < -0.39 is 0 Å². The molecule has 0 aromatic carbocycles. The minimum Gasteiger partial charge on any atom is -2.00 e. The fourth-order valence-corrected chi connectivity index (χ4v) is 0. The van der Waals surface area contributed by atoms with Crippen LogP contribution < -0.4 is 0 Å². The molecule has 0 spiro atoms. The maximum Gasteiger partial charge on any atom is 3.00 e. The molecule has 2 nitrogen and oxygen atoms in total. The van der Waals surface area contributed by atoms with Crippen molar-refractivity contribution in [2.75, 3.05) is 0 Å². The van der Waals surface area contributed by atoms with Crippen molar-refractivity contribution >= 4 is 40.5 Å². The third-order valence-corrected chi connectivity index (χ3v) is 0. The van der Waals surface area contributed by atoms with Crippen LogP contribution in [0.5, 0.6) is 0 Å². The summed E-state index contributed by atoms with van der Waals surface area (Å²) >= 11 is 0. The van der Waals surface area contributed by atoms with Crippen LogP contribution in [-0.2, 0) is 106 Å². The van der Waals surface area contributed by atoms with E-state index in [0.717, 1.165) is 0 Å². The van der Waals surface area contributed by atoms with Crippen LogP contribution in [0.2, 0.25) is 0 Å². The smallest absolute Gasteiger partial charge is 2.00 e. The second kappa shape index (κ2) is 60.8. The second-order valence-corrected chi connectivity index (χ2v) is 0. The minimum absolute atomic E-state index is 0. The van der Waals surface area contributed by atoms with Gasteiger partial charge in [0, 0.05) is 0 Å². The maximum atomic E-state index is 0. The van der Waals surface area contributed by atoms with Crippen molar-refractivity contribution in [3.63, 3.8) is 0 Å². The van der Waals surface area contributed by atoms with E-state index in [-0.39, 0.29) is 117 Å². The van der Waals surface area contributed by atoms with Crippen molar-refractivity contribution in [2.24, 2.45) is 0 Å². The summed E-state index contributed by atoms with van der Waals surface area (Å²) in [6, 6.07) is 0. The predicted octanol–water partition coefficient (Wildman–Crippen LogP) is -1.66. The Morgan fingerprint density at radius 1 is 0.429 bits per heavy atom. The largest absolute Gasteiger partial charge is 3.00 e. The molecule has 0 atom stereocenters. The van der Waals surface area contributed by atoms with Crippen molar-refractivity contribution in [3.05, 3.63) is 0 Å². The van der Waals surface area contributed by atoms with E-state index in [1.54, 1.807) is 0 Å². The van der Waals surface area contributed by atoms with Gasteiger partial charge < -0.3 is 51.4 Å². The van der Waals surface area contributed by atoms with Gasteiger partial charge in [0.2, 0.25) is 0 Å². The van der Waals surface area contributed by atoms with Crippen LogP contribution in [-0.4, -0.2) is 11.0 Å². The first-order chi connectivity index (χ1) is 0. The van der Waals surface area contributed by atoms with Gasteiger partial charge in [-0.2, -0.15) is 0 Å². The van der Waals surface area contributed by atoms with E-state index >= 15 is 0 Å². The molecule has 7 heteroatoms. The maximum absolute atomic E-state index is 0. The molecule has 0 bridgehead atoms. The van der Waals surface area contributed by atoms with E-state index in [1.807, 2.05) is 0 Å². The molecule has 0 aliphatic heterocycles. The van der Waals surface area contributed by atoms with Gasteiger partial charge in [0.15, 0.2) is 0 Å². The summed E-state index contributed by atoms with van der Waals surface area (Å²) in [5.74, 6) is 0. The van der Waals surface area contributed by atoms with Gasteiger partial charge in [-0.1, -0.05) is 0 Å². The number of rotatable bonds is 0. The summed E-state index contributed by atoms with van der Waals surface area (Å²) in [6.45, 7) is 0. The Labute approximate surface area is 115 Å². The van der Waals surface area contributed by atoms with Crippen LogP contribution in [0.25, 0.3) is 0 Å². The molecular weight excluding hydrogens is 306 g/mol. The van der Waals surface area contributed by atoms with E-state index in [1.165, 1.54) is 0 Å².